The third-order valence-corrected chi connectivity index (χ3v) is 2.35. The fraction of sp³-hybridized carbons (Fsp3) is 0.455. The molecule has 0 aliphatic heterocycles. The van der Waals surface area contributed by atoms with Crippen LogP contribution in [0.4, 0.5) is 0 Å². The Bertz CT molecular complexity index is 421. The van der Waals surface area contributed by atoms with E-state index in [1.165, 1.54) is 6.07 Å². The first-order valence-electron chi connectivity index (χ1n) is 5.20. The van der Waals surface area contributed by atoms with Crippen molar-refractivity contribution in [2.24, 2.45) is 0 Å². The van der Waals surface area contributed by atoms with E-state index in [4.69, 9.17) is 5.11 Å². The number of aromatic amines is 1. The predicted octanol–water partition coefficient (Wildman–Crippen LogP) is 0.184. The fourth-order valence-corrected chi connectivity index (χ4v) is 1.29. The normalized spacial score (nSPS) is 12.2. The van der Waals surface area contributed by atoms with Crippen molar-refractivity contribution in [3.8, 4) is 0 Å². The molecular formula is C11H16N2O3. The molecule has 1 aromatic heterocycles. The van der Waals surface area contributed by atoms with Gasteiger partial charge < -0.3 is 15.4 Å². The van der Waals surface area contributed by atoms with Crippen molar-refractivity contribution in [2.45, 2.75) is 26.3 Å². The Morgan fingerprint density at radius 2 is 2.25 bits per heavy atom. The summed E-state index contributed by atoms with van der Waals surface area (Å²) in [5.41, 5.74) is 0.360. The largest absolute Gasteiger partial charge is 0.394 e. The van der Waals surface area contributed by atoms with E-state index in [1.807, 2.05) is 6.92 Å². The highest BCUT2D eigenvalue weighted by atomic mass is 16.3. The van der Waals surface area contributed by atoms with Gasteiger partial charge in [0.25, 0.3) is 11.5 Å². The fourth-order valence-electron chi connectivity index (χ4n) is 1.29. The zero-order chi connectivity index (χ0) is 12.1. The van der Waals surface area contributed by atoms with Crippen LogP contribution >= 0.6 is 0 Å². The van der Waals surface area contributed by atoms with Crippen LogP contribution in [0.1, 0.15) is 29.4 Å². The van der Waals surface area contributed by atoms with E-state index < -0.39 is 11.5 Å². The lowest BCUT2D eigenvalue weighted by Crippen LogP contribution is -2.39. The van der Waals surface area contributed by atoms with Gasteiger partial charge in [0.2, 0.25) is 0 Å². The van der Waals surface area contributed by atoms with E-state index in [1.54, 1.807) is 13.0 Å². The molecule has 1 atom stereocenters. The highest BCUT2D eigenvalue weighted by Gasteiger charge is 2.13. The third kappa shape index (κ3) is 2.93. The quantitative estimate of drug-likeness (QED) is 0.682. The summed E-state index contributed by atoms with van der Waals surface area (Å²) in [6.45, 7) is 3.46. The van der Waals surface area contributed by atoms with E-state index >= 15 is 0 Å². The molecule has 0 radical (unpaired) electrons. The Hall–Kier alpha value is -1.62. The van der Waals surface area contributed by atoms with Gasteiger partial charge in [-0.1, -0.05) is 6.92 Å². The number of nitrogens with one attached hydrogen (secondary N) is 2. The number of aromatic nitrogens is 1. The van der Waals surface area contributed by atoms with Crippen molar-refractivity contribution in [3.63, 3.8) is 0 Å². The zero-order valence-corrected chi connectivity index (χ0v) is 9.41. The third-order valence-electron chi connectivity index (χ3n) is 2.35. The lowest BCUT2D eigenvalue weighted by molar-refractivity contribution is 0.0913. The highest BCUT2D eigenvalue weighted by molar-refractivity contribution is 5.93. The lowest BCUT2D eigenvalue weighted by Gasteiger charge is -2.13. The minimum Gasteiger partial charge on any atom is -0.394 e. The molecule has 3 N–H and O–H groups in total. The van der Waals surface area contributed by atoms with Crippen LogP contribution in [-0.4, -0.2) is 28.6 Å². The summed E-state index contributed by atoms with van der Waals surface area (Å²) in [6.07, 6.45) is 0.617. The number of carbonyl (C=O) groups is 1. The smallest absolute Gasteiger partial charge is 0.260 e. The Morgan fingerprint density at radius 3 is 2.75 bits per heavy atom. The topological polar surface area (TPSA) is 82.2 Å². The van der Waals surface area contributed by atoms with Gasteiger partial charge in [0.05, 0.1) is 12.6 Å². The van der Waals surface area contributed by atoms with E-state index in [0.29, 0.717) is 12.1 Å². The summed E-state index contributed by atoms with van der Waals surface area (Å²) >= 11 is 0. The monoisotopic (exact) mass is 224 g/mol. The number of pyridine rings is 1. The van der Waals surface area contributed by atoms with E-state index in [0.717, 1.165) is 0 Å². The first kappa shape index (κ1) is 12.4. The standard InChI is InChI=1S/C11H16N2O3/c1-3-8(6-14)13-11(16)9-5-4-7(2)12-10(9)15/h4-5,8,14H,3,6H2,1-2H3,(H,12,15)(H,13,16)/t8-/m1/s1. The Labute approximate surface area is 93.5 Å². The first-order chi connectivity index (χ1) is 7.58. The van der Waals surface area contributed by atoms with E-state index in [9.17, 15) is 9.59 Å². The average Bonchev–Trinajstić information content (AvgIpc) is 2.25. The molecule has 0 saturated heterocycles. The maximum absolute atomic E-state index is 11.7. The molecule has 0 unspecified atom stereocenters. The van der Waals surface area contributed by atoms with Gasteiger partial charge >= 0.3 is 0 Å². The number of rotatable bonds is 4. The van der Waals surface area contributed by atoms with Gasteiger partial charge in [0.1, 0.15) is 5.56 Å². The number of aliphatic hydroxyl groups excluding tert-OH is 1. The molecule has 1 aromatic rings. The summed E-state index contributed by atoms with van der Waals surface area (Å²) in [4.78, 5) is 25.7. The number of carbonyl (C=O) groups excluding carboxylic acids is 1. The molecular weight excluding hydrogens is 208 g/mol. The maximum atomic E-state index is 11.7. The molecule has 0 saturated carbocycles. The molecule has 1 amide bonds. The number of aliphatic hydroxyl groups is 1. The van der Waals surface area contributed by atoms with Crippen LogP contribution in [0.3, 0.4) is 0 Å². The van der Waals surface area contributed by atoms with Crippen LogP contribution in [-0.2, 0) is 0 Å². The van der Waals surface area contributed by atoms with Gasteiger partial charge in [-0.05, 0) is 25.5 Å². The van der Waals surface area contributed by atoms with Crippen molar-refractivity contribution in [2.75, 3.05) is 6.61 Å². The van der Waals surface area contributed by atoms with Crippen LogP contribution in [0.15, 0.2) is 16.9 Å². The minimum absolute atomic E-state index is 0.0671. The van der Waals surface area contributed by atoms with Crippen LogP contribution in [0.5, 0.6) is 0 Å². The van der Waals surface area contributed by atoms with Crippen molar-refractivity contribution in [1.82, 2.24) is 10.3 Å². The number of amides is 1. The van der Waals surface area contributed by atoms with Gasteiger partial charge in [-0.25, -0.2) is 0 Å². The molecule has 0 aliphatic rings. The van der Waals surface area contributed by atoms with E-state index in [2.05, 4.69) is 10.3 Å². The molecule has 5 nitrogen and oxygen atoms in total. The number of hydrogen-bond acceptors (Lipinski definition) is 3. The minimum atomic E-state index is -0.456. The summed E-state index contributed by atoms with van der Waals surface area (Å²) in [5.74, 6) is -0.456. The predicted molar refractivity (Wildman–Crippen MR) is 60.4 cm³/mol. The SMILES string of the molecule is CC[C@H](CO)NC(=O)c1ccc(C)[nH]c1=O. The lowest BCUT2D eigenvalue weighted by atomic mass is 10.2. The second-order valence-corrected chi connectivity index (χ2v) is 3.65. The van der Waals surface area contributed by atoms with Gasteiger partial charge in [0, 0.05) is 5.69 Å². The summed E-state index contributed by atoms with van der Waals surface area (Å²) in [5, 5.41) is 11.5. The molecule has 1 heterocycles. The molecule has 16 heavy (non-hydrogen) atoms. The Balaban J connectivity index is 2.85. The maximum Gasteiger partial charge on any atom is 0.260 e. The number of aryl methyl sites for hydroxylation is 1. The van der Waals surface area contributed by atoms with Crippen molar-refractivity contribution >= 4 is 5.91 Å². The van der Waals surface area contributed by atoms with Crippen LogP contribution < -0.4 is 10.9 Å². The van der Waals surface area contributed by atoms with Crippen molar-refractivity contribution in [3.05, 3.63) is 33.7 Å². The molecule has 5 heteroatoms. The molecule has 1 rings (SSSR count). The number of H-pyrrole nitrogens is 1. The van der Waals surface area contributed by atoms with Gasteiger partial charge in [0.15, 0.2) is 0 Å². The van der Waals surface area contributed by atoms with Gasteiger partial charge in [-0.3, -0.25) is 9.59 Å². The molecule has 0 bridgehead atoms. The second-order valence-electron chi connectivity index (χ2n) is 3.65. The van der Waals surface area contributed by atoms with Gasteiger partial charge in [-0.2, -0.15) is 0 Å². The first-order valence-corrected chi connectivity index (χ1v) is 5.20. The molecule has 0 aliphatic carbocycles. The van der Waals surface area contributed by atoms with E-state index in [-0.39, 0.29) is 18.2 Å². The van der Waals surface area contributed by atoms with Crippen LogP contribution in [0.25, 0.3) is 0 Å². The number of hydrogen-bond donors (Lipinski definition) is 3. The van der Waals surface area contributed by atoms with Crippen LogP contribution in [0.2, 0.25) is 0 Å². The molecule has 0 aromatic carbocycles. The molecule has 88 valence electrons. The highest BCUT2D eigenvalue weighted by Crippen LogP contribution is 1.96. The average molecular weight is 224 g/mol. The Morgan fingerprint density at radius 1 is 1.56 bits per heavy atom. The van der Waals surface area contributed by atoms with Gasteiger partial charge in [-0.15, -0.1) is 0 Å². The summed E-state index contributed by atoms with van der Waals surface area (Å²) < 4.78 is 0. The second kappa shape index (κ2) is 5.46. The zero-order valence-electron chi connectivity index (χ0n) is 9.41. The Kier molecular flexibility index (Phi) is 4.25. The summed E-state index contributed by atoms with van der Waals surface area (Å²) in [6, 6.07) is 2.83. The van der Waals surface area contributed by atoms with Crippen LogP contribution in [0, 0.1) is 6.92 Å². The summed E-state index contributed by atoms with van der Waals surface area (Å²) in [7, 11) is 0. The molecule has 0 spiro atoms. The van der Waals surface area contributed by atoms with Crippen molar-refractivity contribution in [1.29, 1.82) is 0 Å². The molecule has 0 fully saturated rings. The van der Waals surface area contributed by atoms with Crippen molar-refractivity contribution < 1.29 is 9.90 Å².